The van der Waals surface area contributed by atoms with Crippen LogP contribution in [0.3, 0.4) is 0 Å². The normalized spacial score (nSPS) is 20.2. The first-order valence-electron chi connectivity index (χ1n) is 9.38. The number of carbonyl (C=O) groups is 3. The average Bonchev–Trinajstić information content (AvgIpc) is 3.22. The first-order valence-corrected chi connectivity index (χ1v) is 9.38. The highest BCUT2D eigenvalue weighted by atomic mass is 19.2. The van der Waals surface area contributed by atoms with Gasteiger partial charge in [0, 0.05) is 13.1 Å². The van der Waals surface area contributed by atoms with Gasteiger partial charge in [-0.2, -0.15) is 5.11 Å². The van der Waals surface area contributed by atoms with Gasteiger partial charge < -0.3 is 10.1 Å². The molecule has 1 saturated heterocycles. The van der Waals surface area contributed by atoms with E-state index in [9.17, 15) is 36.3 Å². The van der Waals surface area contributed by atoms with E-state index in [4.69, 9.17) is 4.74 Å². The highest BCUT2D eigenvalue weighted by Gasteiger charge is 2.56. The largest absolute Gasteiger partial charge is 0.444 e. The van der Waals surface area contributed by atoms with Gasteiger partial charge in [-0.1, -0.05) is 5.22 Å². The zero-order chi connectivity index (χ0) is 24.0. The maximum absolute atomic E-state index is 14.1. The van der Waals surface area contributed by atoms with E-state index in [1.807, 2.05) is 0 Å². The molecule has 1 aromatic rings. The first-order chi connectivity index (χ1) is 14.8. The van der Waals surface area contributed by atoms with Crippen molar-refractivity contribution in [1.29, 1.82) is 0 Å². The zero-order valence-electron chi connectivity index (χ0n) is 17.1. The van der Waals surface area contributed by atoms with Crippen molar-refractivity contribution in [2.24, 2.45) is 10.3 Å². The fraction of sp³-hybridized carbons (Fsp3) is 0.500. The molecule has 174 valence electrons. The number of rotatable bonds is 5. The molecule has 0 saturated carbocycles. The third kappa shape index (κ3) is 4.08. The predicted octanol–water partition coefficient (Wildman–Crippen LogP) is 2.59. The number of hydrogen-bond acceptors (Lipinski definition) is 7. The van der Waals surface area contributed by atoms with E-state index in [1.54, 1.807) is 20.8 Å². The number of nitrogens with zero attached hydrogens (tertiary/aromatic N) is 4. The van der Waals surface area contributed by atoms with Crippen LogP contribution in [0.25, 0.3) is 0 Å². The summed E-state index contributed by atoms with van der Waals surface area (Å²) < 4.78 is 73.7. The van der Waals surface area contributed by atoms with Gasteiger partial charge in [0.1, 0.15) is 11.3 Å². The third-order valence-corrected chi connectivity index (χ3v) is 4.50. The van der Waals surface area contributed by atoms with Gasteiger partial charge in [-0.15, -0.1) is 0 Å². The predicted molar refractivity (Wildman–Crippen MR) is 96.7 cm³/mol. The summed E-state index contributed by atoms with van der Waals surface area (Å²) in [6.45, 7) is 5.12. The van der Waals surface area contributed by atoms with Crippen molar-refractivity contribution in [3.05, 3.63) is 29.1 Å². The summed E-state index contributed by atoms with van der Waals surface area (Å²) in [6, 6.07) is -2.92. The molecule has 1 aromatic carbocycles. The Morgan fingerprint density at radius 3 is 2.12 bits per heavy atom. The summed E-state index contributed by atoms with van der Waals surface area (Å²) in [6.07, 6.45) is -0.464. The summed E-state index contributed by atoms with van der Waals surface area (Å²) in [5, 5.41) is 10.8. The molecule has 0 unspecified atom stereocenters. The van der Waals surface area contributed by atoms with Crippen LogP contribution in [0.15, 0.2) is 10.3 Å². The lowest BCUT2D eigenvalue weighted by Crippen LogP contribution is -2.41. The molecule has 0 aromatic heterocycles. The number of fused-ring (bicyclic) bond motifs is 1. The van der Waals surface area contributed by atoms with Crippen LogP contribution in [0, 0.1) is 29.1 Å². The molecule has 1 fully saturated rings. The van der Waals surface area contributed by atoms with Gasteiger partial charge in [-0.3, -0.25) is 14.6 Å². The Morgan fingerprint density at radius 2 is 1.56 bits per heavy atom. The number of halogens is 5. The van der Waals surface area contributed by atoms with E-state index in [0.29, 0.717) is 0 Å². The van der Waals surface area contributed by atoms with Crippen molar-refractivity contribution in [3.63, 3.8) is 0 Å². The maximum atomic E-state index is 14.1. The highest BCUT2D eigenvalue weighted by molar-refractivity contribution is 6.25. The number of anilines is 1. The fourth-order valence-electron chi connectivity index (χ4n) is 3.16. The lowest BCUT2D eigenvalue weighted by atomic mass is 10.1. The number of alkyl carbamates (subject to hydrolysis) is 1. The molecule has 0 radical (unpaired) electrons. The van der Waals surface area contributed by atoms with E-state index in [-0.39, 0.29) is 24.4 Å². The van der Waals surface area contributed by atoms with Crippen molar-refractivity contribution in [3.8, 4) is 0 Å². The van der Waals surface area contributed by atoms with E-state index < -0.39 is 70.4 Å². The van der Waals surface area contributed by atoms with Crippen molar-refractivity contribution >= 4 is 23.6 Å². The Morgan fingerprint density at radius 1 is 1.00 bits per heavy atom. The molecule has 2 heterocycles. The van der Waals surface area contributed by atoms with Gasteiger partial charge >= 0.3 is 6.09 Å². The second kappa shape index (κ2) is 8.31. The van der Waals surface area contributed by atoms with Crippen LogP contribution in [-0.4, -0.2) is 53.7 Å². The highest BCUT2D eigenvalue weighted by Crippen LogP contribution is 2.37. The standard InChI is InChI=1S/C18H18F5N5O4/c1-18(2,3)32-17(31)24-5-4-6-27-14-12(25-26-27)15(29)28(16(14)30)13-10(22)8(20)7(19)9(21)11(13)23/h12,14H,4-6H2,1-3H3,(H,24,31)/t12-,14+/m1/s1. The summed E-state index contributed by atoms with van der Waals surface area (Å²) >= 11 is 0. The van der Waals surface area contributed by atoms with Gasteiger partial charge in [0.15, 0.2) is 35.4 Å². The average molecular weight is 463 g/mol. The molecule has 14 heteroatoms. The molecule has 2 aliphatic heterocycles. The van der Waals surface area contributed by atoms with E-state index in [0.717, 1.165) is 5.01 Å². The molecule has 0 spiro atoms. The molecule has 0 aliphatic carbocycles. The lowest BCUT2D eigenvalue weighted by Gasteiger charge is -2.22. The second-order valence-corrected chi connectivity index (χ2v) is 7.97. The van der Waals surface area contributed by atoms with E-state index in [1.165, 1.54) is 0 Å². The van der Waals surface area contributed by atoms with Gasteiger partial charge in [-0.05, 0) is 27.2 Å². The van der Waals surface area contributed by atoms with Crippen LogP contribution in [0.4, 0.5) is 32.4 Å². The van der Waals surface area contributed by atoms with Crippen LogP contribution < -0.4 is 10.2 Å². The SMILES string of the molecule is CC(C)(C)OC(=O)NCCCN1N=N[C@H]2C(=O)N(c3c(F)c(F)c(F)c(F)c3F)C(=O)[C@H]21. The van der Waals surface area contributed by atoms with Crippen molar-refractivity contribution in [1.82, 2.24) is 10.3 Å². The molecule has 2 atom stereocenters. The fourth-order valence-corrected chi connectivity index (χ4v) is 3.16. The van der Waals surface area contributed by atoms with Crippen LogP contribution in [0.1, 0.15) is 27.2 Å². The molecule has 0 bridgehead atoms. The molecule has 32 heavy (non-hydrogen) atoms. The lowest BCUT2D eigenvalue weighted by molar-refractivity contribution is -0.123. The summed E-state index contributed by atoms with van der Waals surface area (Å²) in [5.41, 5.74) is -2.36. The van der Waals surface area contributed by atoms with Crippen LogP contribution in [0.5, 0.6) is 0 Å². The molecule has 1 N–H and O–H groups in total. The minimum Gasteiger partial charge on any atom is -0.444 e. The molecular formula is C18H18F5N5O4. The Hall–Kier alpha value is -3.32. The number of carbonyl (C=O) groups excluding carboxylic acids is 3. The maximum Gasteiger partial charge on any atom is 0.407 e. The number of amides is 3. The number of benzene rings is 1. The molecule has 2 aliphatic rings. The Kier molecular flexibility index (Phi) is 6.07. The van der Waals surface area contributed by atoms with Gasteiger partial charge in [0.25, 0.3) is 11.8 Å². The van der Waals surface area contributed by atoms with Crippen LogP contribution >= 0.6 is 0 Å². The van der Waals surface area contributed by atoms with Crippen LogP contribution in [0.2, 0.25) is 0 Å². The summed E-state index contributed by atoms with van der Waals surface area (Å²) in [5.74, 6) is -14.1. The minimum atomic E-state index is -2.41. The summed E-state index contributed by atoms with van der Waals surface area (Å²) in [7, 11) is 0. The Bertz CT molecular complexity index is 983. The number of imide groups is 1. The van der Waals surface area contributed by atoms with E-state index in [2.05, 4.69) is 15.7 Å². The first kappa shape index (κ1) is 23.3. The van der Waals surface area contributed by atoms with Crippen molar-refractivity contribution < 1.29 is 41.1 Å². The smallest absolute Gasteiger partial charge is 0.407 e. The summed E-state index contributed by atoms with van der Waals surface area (Å²) in [4.78, 5) is 36.7. The van der Waals surface area contributed by atoms with Crippen LogP contribution in [-0.2, 0) is 14.3 Å². The number of nitrogens with one attached hydrogen (secondary N) is 1. The van der Waals surface area contributed by atoms with Crippen molar-refractivity contribution in [2.45, 2.75) is 44.9 Å². The number of ether oxygens (including phenoxy) is 1. The Balaban J connectivity index is 1.71. The molecule has 9 nitrogen and oxygen atoms in total. The molecule has 3 rings (SSSR count). The second-order valence-electron chi connectivity index (χ2n) is 7.97. The topological polar surface area (TPSA) is 104 Å². The van der Waals surface area contributed by atoms with Gasteiger partial charge in [0.05, 0.1) is 0 Å². The number of hydrogen-bond donors (Lipinski definition) is 1. The van der Waals surface area contributed by atoms with Crippen molar-refractivity contribution in [2.75, 3.05) is 18.0 Å². The van der Waals surface area contributed by atoms with E-state index >= 15 is 0 Å². The Labute approximate surface area is 178 Å². The van der Waals surface area contributed by atoms with Gasteiger partial charge in [0.2, 0.25) is 5.82 Å². The quantitative estimate of drug-likeness (QED) is 0.238. The monoisotopic (exact) mass is 463 g/mol. The molecule has 3 amide bonds. The minimum absolute atomic E-state index is 0.00950. The molecular weight excluding hydrogens is 445 g/mol. The third-order valence-electron chi connectivity index (χ3n) is 4.50. The zero-order valence-corrected chi connectivity index (χ0v) is 17.1. The van der Waals surface area contributed by atoms with Gasteiger partial charge in [-0.25, -0.2) is 31.6 Å².